The summed E-state index contributed by atoms with van der Waals surface area (Å²) in [5.41, 5.74) is 4.50. The van der Waals surface area contributed by atoms with E-state index in [1.807, 2.05) is 44.1 Å². The van der Waals surface area contributed by atoms with Gasteiger partial charge in [0.05, 0.1) is 47.3 Å². The molecule has 1 aromatic carbocycles. The maximum Gasteiger partial charge on any atom is 0.316 e. The van der Waals surface area contributed by atoms with Gasteiger partial charge in [0.1, 0.15) is 41.8 Å². The lowest BCUT2D eigenvalue weighted by molar-refractivity contribution is -0.296. The van der Waals surface area contributed by atoms with Gasteiger partial charge in [-0.25, -0.2) is 4.98 Å². The summed E-state index contributed by atoms with van der Waals surface area (Å²) in [5.74, 6) is -5.44. The number of nitrogen functional groups attached to an aromatic ring is 1. The first-order valence-electron chi connectivity index (χ1n) is 19.5. The quantitative estimate of drug-likeness (QED) is 0.207. The zero-order valence-corrected chi connectivity index (χ0v) is 35.0. The molecule has 5 rings (SSSR count). The zero-order valence-electron chi connectivity index (χ0n) is 34.2. The molecule has 15 nitrogen and oxygen atoms in total. The molecule has 3 aliphatic rings. The summed E-state index contributed by atoms with van der Waals surface area (Å²) >= 11 is 1.36. The summed E-state index contributed by atoms with van der Waals surface area (Å²) in [4.78, 5) is 54.5. The van der Waals surface area contributed by atoms with Crippen LogP contribution in [0.5, 0.6) is 0 Å². The molecule has 3 saturated heterocycles. The van der Waals surface area contributed by atoms with Crippen molar-refractivity contribution in [1.82, 2.24) is 9.88 Å². The number of anilines is 1. The number of oxime groups is 1. The Balaban J connectivity index is 1.60. The molecule has 0 aliphatic carbocycles. The normalized spacial score (nSPS) is 38.9. The highest BCUT2D eigenvalue weighted by Crippen LogP contribution is 2.40. The van der Waals surface area contributed by atoms with Crippen molar-refractivity contribution in [2.75, 3.05) is 33.0 Å². The molecule has 1 aromatic heterocycles. The maximum absolute atomic E-state index is 14.4. The lowest BCUT2D eigenvalue weighted by Crippen LogP contribution is -2.60. The Hall–Kier alpha value is -3.09. The second kappa shape index (κ2) is 17.8. The predicted molar refractivity (Wildman–Crippen MR) is 210 cm³/mol. The van der Waals surface area contributed by atoms with E-state index < -0.39 is 77.3 Å². The fourth-order valence-corrected chi connectivity index (χ4v) is 9.27. The minimum atomic E-state index is -1.87. The number of Topliss-reactive ketones (excluding diaryl/α,β-unsaturated/α-hetero) is 2. The highest BCUT2D eigenvalue weighted by molar-refractivity contribution is 7.22. The summed E-state index contributed by atoms with van der Waals surface area (Å²) in [5, 5.41) is 28.6. The molecule has 2 aromatic rings. The first kappa shape index (κ1) is 44.0. The highest BCUT2D eigenvalue weighted by atomic mass is 32.1. The van der Waals surface area contributed by atoms with E-state index in [1.165, 1.54) is 25.2 Å². The molecule has 2 bridgehead atoms. The van der Waals surface area contributed by atoms with Crippen molar-refractivity contribution in [3.63, 3.8) is 0 Å². The average molecular weight is 805 g/mol. The number of carbonyl (C=O) groups excluding carboxylic acids is 3. The fourth-order valence-electron chi connectivity index (χ4n) is 8.48. The minimum Gasteiger partial charge on any atom is -0.459 e. The Morgan fingerprint density at radius 3 is 2.46 bits per heavy atom. The van der Waals surface area contributed by atoms with Crippen LogP contribution in [0.3, 0.4) is 0 Å². The van der Waals surface area contributed by atoms with E-state index in [9.17, 15) is 24.6 Å². The van der Waals surface area contributed by atoms with Crippen LogP contribution in [0.4, 0.5) is 5.13 Å². The summed E-state index contributed by atoms with van der Waals surface area (Å²) in [7, 11) is 3.72. The zero-order chi connectivity index (χ0) is 41.3. The average Bonchev–Trinajstić information content (AvgIpc) is 3.52. The number of cyclic esters (lactones) is 1. The SMILES string of the molecule is CC[C@H]1OC(=O)[C@H](C)C(=O)[C@H](C)[C@@H](O[C@@H]2O[C@H](C)C[C@H](N(C)C)[C@H]2O)[C@@]2(C)C[C@@H](C)C(=O)[C@H](C)[C@H](OC/C(=N\OCc3ccc4nc(N)sc4c3)CO2)[C@]1(C)O. The summed E-state index contributed by atoms with van der Waals surface area (Å²) in [6.45, 7) is 13.1. The molecular weight excluding hydrogens is 745 g/mol. The van der Waals surface area contributed by atoms with Crippen LogP contribution in [0.1, 0.15) is 80.2 Å². The van der Waals surface area contributed by atoms with Crippen molar-refractivity contribution < 1.29 is 53.1 Å². The van der Waals surface area contributed by atoms with Crippen molar-refractivity contribution in [1.29, 1.82) is 0 Å². The standard InChI is InChI=1S/C40H60N4O11S/c1-11-30-40(8,49)35-22(4)31(45)20(2)16-39(7,51-19-26(18-50-35)43-52-17-25-12-13-27-29(15-25)56-38(41)42-27)34(23(5)32(46)24(6)36(48)54-30)55-37-33(47)28(44(9)10)14-21(3)53-37/h12-13,15,20-24,28,30,33-35,37,47,49H,11,14,16-19H2,1-10H3,(H2,41,42)/b43-26+/t20-,21-,22+,23+,24-,28+,30-,33-,34-,35+,37+,39-,40-/m1/s1. The van der Waals surface area contributed by atoms with Gasteiger partial charge in [-0.2, -0.15) is 0 Å². The number of hydrogen-bond donors (Lipinski definition) is 3. The van der Waals surface area contributed by atoms with E-state index in [0.717, 1.165) is 15.8 Å². The Bertz CT molecular complexity index is 1750. The lowest BCUT2D eigenvalue weighted by Gasteiger charge is -2.47. The van der Waals surface area contributed by atoms with Gasteiger partial charge in [-0.3, -0.25) is 14.4 Å². The third kappa shape index (κ3) is 9.44. The van der Waals surface area contributed by atoms with Crippen LogP contribution in [0.25, 0.3) is 10.2 Å². The molecule has 56 heavy (non-hydrogen) atoms. The number of aliphatic hydroxyl groups excluding tert-OH is 1. The first-order chi connectivity index (χ1) is 26.3. The number of ether oxygens (including phenoxy) is 5. The number of hydrogen-bond acceptors (Lipinski definition) is 16. The van der Waals surface area contributed by atoms with Gasteiger partial charge in [0, 0.05) is 23.8 Å². The number of rotatable bonds is 7. The van der Waals surface area contributed by atoms with E-state index in [4.69, 9.17) is 34.3 Å². The second-order valence-corrected chi connectivity index (χ2v) is 17.6. The molecule has 3 fully saturated rings. The van der Waals surface area contributed by atoms with Crippen molar-refractivity contribution >= 4 is 49.9 Å². The van der Waals surface area contributed by atoms with Crippen LogP contribution >= 0.6 is 11.3 Å². The van der Waals surface area contributed by atoms with Gasteiger partial charge in [0.2, 0.25) is 0 Å². The smallest absolute Gasteiger partial charge is 0.316 e. The minimum absolute atomic E-state index is 0.0605. The number of esters is 1. The van der Waals surface area contributed by atoms with Gasteiger partial charge in [-0.15, -0.1) is 0 Å². The number of likely N-dealkylation sites (N-methyl/N-ethyl adjacent to an activating group) is 1. The molecule has 16 heteroatoms. The molecular formula is C40H60N4O11S. The number of nitrogens with zero attached hydrogens (tertiary/aromatic N) is 3. The molecule has 0 radical (unpaired) electrons. The van der Waals surface area contributed by atoms with Gasteiger partial charge >= 0.3 is 5.97 Å². The van der Waals surface area contributed by atoms with Gasteiger partial charge in [-0.05, 0) is 78.7 Å². The molecule has 0 spiro atoms. The van der Waals surface area contributed by atoms with Crippen LogP contribution in [0.15, 0.2) is 23.4 Å². The number of thiazole rings is 1. The van der Waals surface area contributed by atoms with Crippen molar-refractivity contribution in [3.8, 4) is 0 Å². The number of nitrogens with two attached hydrogens (primary N) is 1. The van der Waals surface area contributed by atoms with Crippen LogP contribution in [-0.4, -0.2) is 125 Å². The number of aliphatic hydroxyl groups is 2. The van der Waals surface area contributed by atoms with E-state index in [-0.39, 0.29) is 56.3 Å². The van der Waals surface area contributed by atoms with Crippen LogP contribution < -0.4 is 5.73 Å². The number of fused-ring (bicyclic) bond motifs is 6. The van der Waals surface area contributed by atoms with Gasteiger partial charge in [0.25, 0.3) is 0 Å². The van der Waals surface area contributed by atoms with Gasteiger partial charge < -0.3 is 49.4 Å². The molecule has 0 unspecified atom stereocenters. The fraction of sp³-hybridized carbons (Fsp3) is 0.725. The van der Waals surface area contributed by atoms with Gasteiger partial charge in [-0.1, -0.05) is 50.3 Å². The third-order valence-corrected chi connectivity index (χ3v) is 12.5. The maximum atomic E-state index is 14.4. The van der Waals surface area contributed by atoms with E-state index in [0.29, 0.717) is 11.6 Å². The lowest BCUT2D eigenvalue weighted by atomic mass is 9.74. The van der Waals surface area contributed by atoms with E-state index in [2.05, 4.69) is 10.1 Å². The van der Waals surface area contributed by atoms with Crippen molar-refractivity contribution in [2.45, 2.75) is 135 Å². The largest absolute Gasteiger partial charge is 0.459 e. The summed E-state index contributed by atoms with van der Waals surface area (Å²) in [6.07, 6.45) is -5.25. The number of benzene rings is 1. The van der Waals surface area contributed by atoms with E-state index in [1.54, 1.807) is 34.6 Å². The number of carbonyl (C=O) groups is 3. The molecule has 4 heterocycles. The van der Waals surface area contributed by atoms with Gasteiger partial charge in [0.15, 0.2) is 17.2 Å². The second-order valence-electron chi connectivity index (χ2n) is 16.5. The predicted octanol–water partition coefficient (Wildman–Crippen LogP) is 3.90. The molecule has 0 amide bonds. The highest BCUT2D eigenvalue weighted by Gasteiger charge is 2.53. The molecule has 3 aliphatic heterocycles. The first-order valence-corrected chi connectivity index (χ1v) is 20.3. The molecule has 0 saturated carbocycles. The topological polar surface area (TPSA) is 202 Å². The monoisotopic (exact) mass is 804 g/mol. The van der Waals surface area contributed by atoms with E-state index >= 15 is 0 Å². The summed E-state index contributed by atoms with van der Waals surface area (Å²) in [6, 6.07) is 5.32. The van der Waals surface area contributed by atoms with Crippen LogP contribution in [0.2, 0.25) is 0 Å². The van der Waals surface area contributed by atoms with Crippen LogP contribution in [-0.2, 0) is 49.5 Å². The van der Waals surface area contributed by atoms with Crippen LogP contribution in [0, 0.1) is 23.7 Å². The molecule has 13 atom stereocenters. The Labute approximate surface area is 333 Å². The number of aromatic nitrogens is 1. The van der Waals surface area contributed by atoms with Crippen molar-refractivity contribution in [3.05, 3.63) is 23.8 Å². The third-order valence-electron chi connectivity index (χ3n) is 11.7. The molecule has 4 N–H and O–H groups in total. The Morgan fingerprint density at radius 2 is 1.79 bits per heavy atom. The Morgan fingerprint density at radius 1 is 1.07 bits per heavy atom. The molecule has 312 valence electrons. The Kier molecular flexibility index (Phi) is 14.0. The number of ketones is 2. The summed E-state index contributed by atoms with van der Waals surface area (Å²) < 4.78 is 32.9. The van der Waals surface area contributed by atoms with Crippen molar-refractivity contribution in [2.24, 2.45) is 28.8 Å².